The van der Waals surface area contributed by atoms with Crippen LogP contribution < -0.4 is 0 Å². The van der Waals surface area contributed by atoms with Gasteiger partial charge in [0.25, 0.3) is 11.7 Å². The molecule has 8 nitrogen and oxygen atoms in total. The van der Waals surface area contributed by atoms with Gasteiger partial charge in [0, 0.05) is 33.3 Å². The third-order valence-corrected chi connectivity index (χ3v) is 6.93. The molecule has 1 atom stereocenters. The number of amides is 1. The van der Waals surface area contributed by atoms with Crippen molar-refractivity contribution in [2.45, 2.75) is 10.9 Å². The molecule has 31 heavy (non-hydrogen) atoms. The molecule has 0 unspecified atom stereocenters. The molecule has 1 amide bonds. The number of ketones is 1. The van der Waals surface area contributed by atoms with E-state index in [0.717, 1.165) is 4.31 Å². The summed E-state index contributed by atoms with van der Waals surface area (Å²) < 4.78 is 30.7. The Labute approximate surface area is 181 Å². The number of Topliss-reactive ketones (excluding diaryl/α,β-unsaturated/α-hetero) is 1. The van der Waals surface area contributed by atoms with Crippen LogP contribution in [-0.2, 0) is 24.3 Å². The van der Waals surface area contributed by atoms with Gasteiger partial charge in [-0.2, -0.15) is 0 Å². The summed E-state index contributed by atoms with van der Waals surface area (Å²) in [5.41, 5.74) is 0.866. The van der Waals surface area contributed by atoms with Crippen molar-refractivity contribution >= 4 is 27.5 Å². The summed E-state index contributed by atoms with van der Waals surface area (Å²) in [5, 5.41) is 11.0. The molecule has 1 aliphatic rings. The lowest BCUT2D eigenvalue weighted by atomic mass is 9.95. The van der Waals surface area contributed by atoms with Gasteiger partial charge in [-0.05, 0) is 29.8 Å². The van der Waals surface area contributed by atoms with Crippen molar-refractivity contribution in [1.29, 1.82) is 0 Å². The van der Waals surface area contributed by atoms with Crippen molar-refractivity contribution in [3.05, 3.63) is 71.3 Å². The summed E-state index contributed by atoms with van der Waals surface area (Å²) in [5.74, 6) is -1.88. The first-order valence-corrected chi connectivity index (χ1v) is 11.0. The molecule has 0 aromatic heterocycles. The predicted molar refractivity (Wildman–Crippen MR) is 115 cm³/mol. The first-order chi connectivity index (χ1) is 14.7. The van der Waals surface area contributed by atoms with Gasteiger partial charge >= 0.3 is 0 Å². The Balaban J connectivity index is 2.10. The summed E-state index contributed by atoms with van der Waals surface area (Å²) in [6.07, 6.45) is 0. The van der Waals surface area contributed by atoms with Gasteiger partial charge in [-0.3, -0.25) is 9.59 Å². The molecule has 1 aliphatic heterocycles. The smallest absolute Gasteiger partial charge is 0.295 e. The zero-order valence-electron chi connectivity index (χ0n) is 17.5. The first kappa shape index (κ1) is 22.7. The standard InChI is InChI=1S/C22H24N2O6S/c1-23(2)31(28,29)17-11-9-16(10-12-17)20(25)18-19(15-7-5-4-6-8-15)24(13-14-30-3)22(27)21(18)26/h4-12,19,25H,13-14H2,1-3H3/t19-/m0/s1. The van der Waals surface area contributed by atoms with Gasteiger partial charge in [0.1, 0.15) is 5.76 Å². The monoisotopic (exact) mass is 444 g/mol. The van der Waals surface area contributed by atoms with Crippen LogP contribution in [0.3, 0.4) is 0 Å². The second-order valence-corrected chi connectivity index (χ2v) is 9.36. The number of hydrogen-bond acceptors (Lipinski definition) is 6. The van der Waals surface area contributed by atoms with E-state index in [-0.39, 0.29) is 34.9 Å². The second kappa shape index (κ2) is 9.01. The first-order valence-electron chi connectivity index (χ1n) is 9.55. The van der Waals surface area contributed by atoms with Crippen LogP contribution in [0.1, 0.15) is 17.2 Å². The molecule has 0 spiro atoms. The van der Waals surface area contributed by atoms with Crippen molar-refractivity contribution in [3.8, 4) is 0 Å². The fraction of sp³-hybridized carbons (Fsp3) is 0.273. The fourth-order valence-corrected chi connectivity index (χ4v) is 4.33. The number of rotatable bonds is 7. The van der Waals surface area contributed by atoms with E-state index in [1.807, 2.05) is 6.07 Å². The molecule has 0 bridgehead atoms. The molecule has 1 heterocycles. The lowest BCUT2D eigenvalue weighted by Crippen LogP contribution is -2.32. The maximum atomic E-state index is 12.8. The lowest BCUT2D eigenvalue weighted by molar-refractivity contribution is -0.140. The van der Waals surface area contributed by atoms with E-state index < -0.39 is 27.8 Å². The van der Waals surface area contributed by atoms with E-state index in [4.69, 9.17) is 4.74 Å². The number of hydrogen-bond donors (Lipinski definition) is 1. The molecule has 1 fully saturated rings. The van der Waals surface area contributed by atoms with Crippen LogP contribution in [0.25, 0.3) is 5.76 Å². The molecule has 1 saturated heterocycles. The zero-order chi connectivity index (χ0) is 22.8. The normalized spacial score (nSPS) is 18.7. The molecule has 9 heteroatoms. The molecule has 2 aromatic rings. The van der Waals surface area contributed by atoms with Crippen LogP contribution in [0, 0.1) is 0 Å². The molecule has 164 valence electrons. The van der Waals surface area contributed by atoms with E-state index in [9.17, 15) is 23.1 Å². The SMILES string of the molecule is COCCN1C(=O)C(=O)C(=C(O)c2ccc(S(=O)(=O)N(C)C)cc2)[C@@H]1c1ccccc1. The molecule has 2 aromatic carbocycles. The van der Waals surface area contributed by atoms with E-state index in [1.165, 1.54) is 50.4 Å². The molecule has 3 rings (SSSR count). The molecule has 0 radical (unpaired) electrons. The Kier molecular flexibility index (Phi) is 6.59. The van der Waals surface area contributed by atoms with Gasteiger partial charge in [-0.15, -0.1) is 0 Å². The van der Waals surface area contributed by atoms with Crippen molar-refractivity contribution in [2.75, 3.05) is 34.4 Å². The molecular formula is C22H24N2O6S. The number of nitrogens with zero attached hydrogens (tertiary/aromatic N) is 2. The van der Waals surface area contributed by atoms with Crippen molar-refractivity contribution in [3.63, 3.8) is 0 Å². The zero-order valence-corrected chi connectivity index (χ0v) is 18.3. The summed E-state index contributed by atoms with van der Waals surface area (Å²) in [6.45, 7) is 0.408. The fourth-order valence-electron chi connectivity index (χ4n) is 3.43. The largest absolute Gasteiger partial charge is 0.507 e. The summed E-state index contributed by atoms with van der Waals surface area (Å²) in [7, 11) is 0.702. The van der Waals surface area contributed by atoms with E-state index in [0.29, 0.717) is 5.56 Å². The Morgan fingerprint density at radius 2 is 1.68 bits per heavy atom. The third kappa shape index (κ3) is 4.25. The van der Waals surface area contributed by atoms with E-state index >= 15 is 0 Å². The van der Waals surface area contributed by atoms with E-state index in [1.54, 1.807) is 24.3 Å². The molecule has 0 aliphatic carbocycles. The number of carbonyl (C=O) groups excluding carboxylic acids is 2. The van der Waals surface area contributed by atoms with Crippen molar-refractivity contribution in [2.24, 2.45) is 0 Å². The number of aliphatic hydroxyl groups excluding tert-OH is 1. The van der Waals surface area contributed by atoms with Crippen molar-refractivity contribution < 1.29 is 27.9 Å². The number of carbonyl (C=O) groups is 2. The minimum Gasteiger partial charge on any atom is -0.507 e. The lowest BCUT2D eigenvalue weighted by Gasteiger charge is -2.25. The van der Waals surface area contributed by atoms with Gasteiger partial charge in [0.15, 0.2) is 0 Å². The van der Waals surface area contributed by atoms with Crippen LogP contribution in [0.5, 0.6) is 0 Å². The Hall–Kier alpha value is -3.01. The van der Waals surface area contributed by atoms with Gasteiger partial charge in [-0.1, -0.05) is 30.3 Å². The maximum absolute atomic E-state index is 12.8. The highest BCUT2D eigenvalue weighted by Crippen LogP contribution is 2.39. The van der Waals surface area contributed by atoms with Crippen LogP contribution in [0.2, 0.25) is 0 Å². The van der Waals surface area contributed by atoms with Crippen molar-refractivity contribution in [1.82, 2.24) is 9.21 Å². The highest BCUT2D eigenvalue weighted by atomic mass is 32.2. The number of ether oxygens (including phenoxy) is 1. The minimum absolute atomic E-state index is 0.0458. The Morgan fingerprint density at radius 3 is 2.23 bits per heavy atom. The van der Waals surface area contributed by atoms with Gasteiger partial charge in [0.05, 0.1) is 23.1 Å². The third-order valence-electron chi connectivity index (χ3n) is 5.10. The molecule has 0 saturated carbocycles. The van der Waals surface area contributed by atoms with Crippen LogP contribution in [0.4, 0.5) is 0 Å². The highest BCUT2D eigenvalue weighted by molar-refractivity contribution is 7.89. The topological polar surface area (TPSA) is 104 Å². The second-order valence-electron chi connectivity index (χ2n) is 7.21. The van der Waals surface area contributed by atoms with Crippen LogP contribution in [-0.4, -0.2) is 68.8 Å². The van der Waals surface area contributed by atoms with Crippen LogP contribution in [0.15, 0.2) is 65.1 Å². The number of aliphatic hydroxyl groups is 1. The average molecular weight is 445 g/mol. The summed E-state index contributed by atoms with van der Waals surface area (Å²) >= 11 is 0. The van der Waals surface area contributed by atoms with Gasteiger partial charge in [-0.25, -0.2) is 12.7 Å². The van der Waals surface area contributed by atoms with Gasteiger partial charge < -0.3 is 14.7 Å². The molecule has 1 N–H and O–H groups in total. The predicted octanol–water partition coefficient (Wildman–Crippen LogP) is 2.00. The molecular weight excluding hydrogens is 420 g/mol. The number of methoxy groups -OCH3 is 1. The summed E-state index contributed by atoms with van der Waals surface area (Å²) in [4.78, 5) is 27.0. The Morgan fingerprint density at radius 1 is 1.06 bits per heavy atom. The van der Waals surface area contributed by atoms with Crippen LogP contribution >= 0.6 is 0 Å². The highest BCUT2D eigenvalue weighted by Gasteiger charge is 2.45. The average Bonchev–Trinajstić information content (AvgIpc) is 3.02. The summed E-state index contributed by atoms with van der Waals surface area (Å²) in [6, 6.07) is 13.7. The maximum Gasteiger partial charge on any atom is 0.295 e. The minimum atomic E-state index is -3.64. The van der Waals surface area contributed by atoms with E-state index in [2.05, 4.69) is 0 Å². The quantitative estimate of drug-likeness (QED) is 0.398. The number of sulfonamides is 1. The Bertz CT molecular complexity index is 1110. The number of likely N-dealkylation sites (tertiary alicyclic amines) is 1. The van der Waals surface area contributed by atoms with Gasteiger partial charge in [0.2, 0.25) is 10.0 Å². The number of benzene rings is 2.